The summed E-state index contributed by atoms with van der Waals surface area (Å²) in [6.07, 6.45) is 2.14. The molecule has 132 valence electrons. The van der Waals surface area contributed by atoms with Crippen LogP contribution in [-0.4, -0.2) is 28.2 Å². The van der Waals surface area contributed by atoms with Crippen LogP contribution in [0.15, 0.2) is 24.3 Å². The Morgan fingerprint density at radius 3 is 1.52 bits per heavy atom. The van der Waals surface area contributed by atoms with Gasteiger partial charge in [0.05, 0.1) is 0 Å². The highest BCUT2D eigenvalue weighted by Crippen LogP contribution is 2.35. The third-order valence-corrected chi connectivity index (χ3v) is 13.2. The first-order valence-electron chi connectivity index (χ1n) is 8.51. The highest BCUT2D eigenvalue weighted by atomic mass is 28.4. The summed E-state index contributed by atoms with van der Waals surface area (Å²) in [5, 5.41) is 0. The number of carbonyl (C=O) groups is 2. The maximum absolute atomic E-state index is 12.6. The van der Waals surface area contributed by atoms with Crippen LogP contribution in [0.1, 0.15) is 40.5 Å². The number of allylic oxidation sites excluding steroid dienone is 2. The van der Waals surface area contributed by atoms with E-state index in [1.807, 2.05) is 13.1 Å². The molecular weight excluding hydrogens is 320 g/mol. The van der Waals surface area contributed by atoms with Crippen molar-refractivity contribution in [2.24, 2.45) is 0 Å². The standard InChI is InChI=1S/C18H34O3Si2/c1-10-12-23(9,13-11-2)21-22(7,8)18(16(19)14(3)4)17(20)15(5)6/h18H,3,5,10-13H2,1-2,4,6-9H3. The first-order chi connectivity index (χ1) is 10.4. The average Bonchev–Trinajstić information content (AvgIpc) is 2.37. The topological polar surface area (TPSA) is 43.4 Å². The number of hydrogen-bond donors (Lipinski definition) is 0. The fourth-order valence-electron chi connectivity index (χ4n) is 3.22. The molecule has 0 fully saturated rings. The van der Waals surface area contributed by atoms with Gasteiger partial charge in [-0.05, 0) is 56.7 Å². The Hall–Kier alpha value is -0.786. The summed E-state index contributed by atoms with van der Waals surface area (Å²) >= 11 is 0. The lowest BCUT2D eigenvalue weighted by Crippen LogP contribution is -2.53. The lowest BCUT2D eigenvalue weighted by atomic mass is 10.0. The minimum atomic E-state index is -2.55. The molecule has 0 saturated carbocycles. The fraction of sp³-hybridized carbons (Fsp3) is 0.667. The molecule has 0 atom stereocenters. The van der Waals surface area contributed by atoms with Crippen molar-refractivity contribution in [3.63, 3.8) is 0 Å². The summed E-state index contributed by atoms with van der Waals surface area (Å²) in [5.41, 5.74) is 0.115. The summed E-state index contributed by atoms with van der Waals surface area (Å²) in [6, 6.07) is 2.12. The van der Waals surface area contributed by atoms with Crippen LogP contribution in [-0.2, 0) is 13.7 Å². The van der Waals surface area contributed by atoms with E-state index in [0.717, 1.165) is 24.9 Å². The summed E-state index contributed by atoms with van der Waals surface area (Å²) in [4.78, 5) is 25.3. The molecule has 5 heteroatoms. The second-order valence-corrected chi connectivity index (χ2v) is 15.9. The summed E-state index contributed by atoms with van der Waals surface area (Å²) < 4.78 is 6.66. The van der Waals surface area contributed by atoms with E-state index in [0.29, 0.717) is 11.1 Å². The molecular formula is C18H34O3Si2. The highest BCUT2D eigenvalue weighted by molar-refractivity contribution is 6.90. The minimum Gasteiger partial charge on any atom is -0.454 e. The van der Waals surface area contributed by atoms with Gasteiger partial charge in [0.2, 0.25) is 0 Å². The molecule has 0 aromatic heterocycles. The molecule has 0 radical (unpaired) electrons. The molecule has 0 aliphatic rings. The summed E-state index contributed by atoms with van der Waals surface area (Å²) in [5.74, 6) is -0.363. The third kappa shape index (κ3) is 6.32. The van der Waals surface area contributed by atoms with Crippen molar-refractivity contribution in [1.29, 1.82) is 0 Å². The van der Waals surface area contributed by atoms with E-state index >= 15 is 0 Å². The number of carbonyl (C=O) groups excluding carboxylic acids is 2. The first kappa shape index (κ1) is 22.2. The van der Waals surface area contributed by atoms with Crippen LogP contribution < -0.4 is 0 Å². The molecule has 0 spiro atoms. The van der Waals surface area contributed by atoms with E-state index in [1.54, 1.807) is 13.8 Å². The molecule has 23 heavy (non-hydrogen) atoms. The van der Waals surface area contributed by atoms with E-state index in [1.165, 1.54) is 0 Å². The number of Topliss-reactive ketones (excluding diaryl/α,β-unsaturated/α-hetero) is 2. The molecule has 0 bridgehead atoms. The highest BCUT2D eigenvalue weighted by Gasteiger charge is 2.47. The Morgan fingerprint density at radius 2 is 1.26 bits per heavy atom. The average molecular weight is 355 g/mol. The van der Waals surface area contributed by atoms with Crippen LogP contribution in [0.25, 0.3) is 0 Å². The van der Waals surface area contributed by atoms with Gasteiger partial charge in [-0.15, -0.1) is 0 Å². The number of ketones is 2. The van der Waals surface area contributed by atoms with Crippen LogP contribution in [0.5, 0.6) is 0 Å². The zero-order chi connectivity index (χ0) is 18.4. The first-order valence-corrected chi connectivity index (χ1v) is 14.3. The maximum atomic E-state index is 12.6. The number of rotatable bonds is 11. The van der Waals surface area contributed by atoms with E-state index < -0.39 is 22.2 Å². The Morgan fingerprint density at radius 1 is 0.913 bits per heavy atom. The van der Waals surface area contributed by atoms with Crippen molar-refractivity contribution >= 4 is 28.2 Å². The van der Waals surface area contributed by atoms with E-state index in [9.17, 15) is 9.59 Å². The van der Waals surface area contributed by atoms with Crippen molar-refractivity contribution in [2.75, 3.05) is 0 Å². The van der Waals surface area contributed by atoms with Gasteiger partial charge in [0.25, 0.3) is 0 Å². The van der Waals surface area contributed by atoms with Crippen molar-refractivity contribution < 1.29 is 13.7 Å². The Labute approximate surface area is 144 Å². The molecule has 0 rings (SSSR count). The molecule has 0 N–H and O–H groups in total. The van der Waals surface area contributed by atoms with Crippen LogP contribution in [0.4, 0.5) is 0 Å². The molecule has 0 saturated heterocycles. The van der Waals surface area contributed by atoms with Gasteiger partial charge in [-0.1, -0.05) is 39.8 Å². The lowest BCUT2D eigenvalue weighted by molar-refractivity contribution is -0.123. The van der Waals surface area contributed by atoms with Gasteiger partial charge in [0.15, 0.2) is 28.2 Å². The van der Waals surface area contributed by atoms with Crippen molar-refractivity contribution in [3.8, 4) is 0 Å². The molecule has 0 aliphatic carbocycles. The monoisotopic (exact) mass is 354 g/mol. The molecule has 0 heterocycles. The second-order valence-electron chi connectivity index (χ2n) is 7.38. The van der Waals surface area contributed by atoms with Crippen molar-refractivity contribution in [1.82, 2.24) is 0 Å². The Kier molecular flexibility index (Phi) is 8.59. The Balaban J connectivity index is 5.73. The van der Waals surface area contributed by atoms with Crippen molar-refractivity contribution in [2.45, 2.75) is 77.8 Å². The van der Waals surface area contributed by atoms with E-state index in [4.69, 9.17) is 4.12 Å². The van der Waals surface area contributed by atoms with Crippen molar-refractivity contribution in [3.05, 3.63) is 24.3 Å². The molecule has 0 aromatic carbocycles. The molecule has 0 amide bonds. The summed E-state index contributed by atoms with van der Waals surface area (Å²) in [7, 11) is -4.46. The van der Waals surface area contributed by atoms with Crippen LogP contribution in [0.2, 0.25) is 37.3 Å². The maximum Gasteiger partial charge on any atom is 0.192 e. The van der Waals surface area contributed by atoms with E-state index in [-0.39, 0.29) is 11.6 Å². The summed E-state index contributed by atoms with van der Waals surface area (Å²) in [6.45, 7) is 21.4. The normalized spacial score (nSPS) is 12.3. The predicted molar refractivity (Wildman–Crippen MR) is 104 cm³/mol. The van der Waals surface area contributed by atoms with Gasteiger partial charge in [0.1, 0.15) is 5.54 Å². The lowest BCUT2D eigenvalue weighted by Gasteiger charge is -2.39. The Bertz CT molecular complexity index is 449. The van der Waals surface area contributed by atoms with Gasteiger partial charge < -0.3 is 4.12 Å². The quantitative estimate of drug-likeness (QED) is 0.288. The smallest absolute Gasteiger partial charge is 0.192 e. The second kappa shape index (κ2) is 8.90. The third-order valence-electron chi connectivity index (χ3n) is 4.13. The fourth-order valence-corrected chi connectivity index (χ4v) is 13.7. The van der Waals surface area contributed by atoms with Crippen LogP contribution in [0.3, 0.4) is 0 Å². The minimum absolute atomic E-state index is 0.181. The van der Waals surface area contributed by atoms with Gasteiger partial charge >= 0.3 is 0 Å². The predicted octanol–water partition coefficient (Wildman–Crippen LogP) is 5.26. The van der Waals surface area contributed by atoms with Crippen LogP contribution >= 0.6 is 0 Å². The molecule has 0 aliphatic heterocycles. The van der Waals surface area contributed by atoms with Gasteiger partial charge in [-0.2, -0.15) is 0 Å². The largest absolute Gasteiger partial charge is 0.454 e. The molecule has 3 nitrogen and oxygen atoms in total. The van der Waals surface area contributed by atoms with E-state index in [2.05, 4.69) is 33.6 Å². The zero-order valence-electron chi connectivity index (χ0n) is 16.0. The van der Waals surface area contributed by atoms with Crippen LogP contribution in [0, 0.1) is 0 Å². The SMILES string of the molecule is C=C(C)C(=O)C(C(=O)C(=C)C)[Si](C)(C)O[Si](C)(CCC)CCC. The number of hydrogen-bond acceptors (Lipinski definition) is 3. The van der Waals surface area contributed by atoms with Gasteiger partial charge in [0, 0.05) is 0 Å². The molecule has 0 unspecified atom stereocenters. The van der Waals surface area contributed by atoms with Gasteiger partial charge in [-0.25, -0.2) is 0 Å². The molecule has 0 aromatic rings. The van der Waals surface area contributed by atoms with Gasteiger partial charge in [-0.3, -0.25) is 9.59 Å². The zero-order valence-corrected chi connectivity index (χ0v) is 18.0.